The van der Waals surface area contributed by atoms with Crippen molar-refractivity contribution in [2.45, 2.75) is 5.92 Å². The monoisotopic (exact) mass is 734 g/mol. The molecular formula is C29H4BF17O3. The number of halogens is 17. The number of benzene rings is 5. The Bertz CT molecular complexity index is 2280. The number of rotatable bonds is 6. The van der Waals surface area contributed by atoms with Crippen molar-refractivity contribution >= 4 is 18.1 Å². The maximum atomic E-state index is 15.7. The highest BCUT2D eigenvalue weighted by atomic mass is 19.3. The van der Waals surface area contributed by atoms with Crippen molar-refractivity contribution in [3.63, 3.8) is 0 Å². The summed E-state index contributed by atoms with van der Waals surface area (Å²) in [5.41, 5.74) is -9.48. The summed E-state index contributed by atoms with van der Waals surface area (Å²) in [5.74, 6) is -50.2. The van der Waals surface area contributed by atoms with E-state index >= 15 is 13.2 Å². The molecule has 1 aliphatic carbocycles. The second kappa shape index (κ2) is 11.6. The van der Waals surface area contributed by atoms with Crippen molar-refractivity contribution < 1.29 is 88.6 Å². The van der Waals surface area contributed by atoms with Gasteiger partial charge in [-0.05, 0) is 18.2 Å². The summed E-state index contributed by atoms with van der Waals surface area (Å²) in [5, 5.41) is -2.16. The van der Waals surface area contributed by atoms with Crippen LogP contribution in [0.25, 0.3) is 21.9 Å². The van der Waals surface area contributed by atoms with Gasteiger partial charge in [0.2, 0.25) is 34.9 Å². The van der Waals surface area contributed by atoms with E-state index < -0.39 is 151 Å². The third-order valence-electron chi connectivity index (χ3n) is 7.19. The van der Waals surface area contributed by atoms with E-state index in [-0.39, 0.29) is 6.07 Å². The standard InChI is InChI=1S/C29H4BF17O3/c31-5-3-6-9(2-1-7(32)10(6)8(33)4-5)48-30(50-28-25(44)22(41)21(40)23(42)26(28)45)49-27-14-12(16(35)19(38)24(27)43)11-13(29(14,46)47)17(36)20(39)18(37)15(11)34/h1-4H. The first-order chi connectivity index (χ1) is 23.3. The van der Waals surface area contributed by atoms with Crippen LogP contribution in [-0.4, -0.2) is 7.32 Å². The van der Waals surface area contributed by atoms with Crippen LogP contribution in [-0.2, 0) is 5.92 Å². The molecule has 0 saturated heterocycles. The van der Waals surface area contributed by atoms with Gasteiger partial charge in [-0.1, -0.05) is 0 Å². The predicted molar refractivity (Wildman–Crippen MR) is 132 cm³/mol. The Kier molecular flexibility index (Phi) is 8.01. The van der Waals surface area contributed by atoms with Crippen LogP contribution in [0.4, 0.5) is 74.6 Å². The molecule has 5 aromatic carbocycles. The lowest BCUT2D eigenvalue weighted by Gasteiger charge is -2.22. The maximum absolute atomic E-state index is 15.7. The van der Waals surface area contributed by atoms with Crippen LogP contribution in [0.3, 0.4) is 0 Å². The molecule has 0 amide bonds. The fraction of sp³-hybridized carbons (Fsp3) is 0.0345. The van der Waals surface area contributed by atoms with Gasteiger partial charge in [0, 0.05) is 22.6 Å². The Morgan fingerprint density at radius 2 is 0.900 bits per heavy atom. The lowest BCUT2D eigenvalue weighted by molar-refractivity contribution is 0.0401. The van der Waals surface area contributed by atoms with Gasteiger partial charge in [-0.2, -0.15) is 22.0 Å². The molecule has 0 aromatic heterocycles. The third kappa shape index (κ3) is 4.84. The smallest absolute Gasteiger partial charge is 0.489 e. The zero-order valence-corrected chi connectivity index (χ0v) is 23.0. The lowest BCUT2D eigenvalue weighted by Crippen LogP contribution is -2.39. The highest BCUT2D eigenvalue weighted by molar-refractivity contribution is 6.40. The fourth-order valence-corrected chi connectivity index (χ4v) is 5.06. The van der Waals surface area contributed by atoms with Gasteiger partial charge >= 0.3 is 13.2 Å². The normalized spacial score (nSPS) is 13.1. The van der Waals surface area contributed by atoms with Gasteiger partial charge in [-0.15, -0.1) is 0 Å². The van der Waals surface area contributed by atoms with E-state index in [0.717, 1.165) is 0 Å². The van der Waals surface area contributed by atoms with Crippen LogP contribution >= 0.6 is 0 Å². The Labute approximate surface area is 264 Å². The first kappa shape index (κ1) is 34.5. The Morgan fingerprint density at radius 1 is 0.440 bits per heavy atom. The van der Waals surface area contributed by atoms with Crippen molar-refractivity contribution in [3.8, 4) is 28.4 Å². The zero-order valence-electron chi connectivity index (χ0n) is 23.0. The average Bonchev–Trinajstić information content (AvgIpc) is 3.31. The van der Waals surface area contributed by atoms with Gasteiger partial charge in [0.1, 0.15) is 23.2 Å². The summed E-state index contributed by atoms with van der Waals surface area (Å²) < 4.78 is 261. The van der Waals surface area contributed by atoms with Gasteiger partial charge < -0.3 is 14.0 Å². The van der Waals surface area contributed by atoms with E-state index in [1.54, 1.807) is 0 Å². The first-order valence-electron chi connectivity index (χ1n) is 12.8. The minimum absolute atomic E-state index is 0.123. The Balaban J connectivity index is 1.61. The molecule has 21 heteroatoms. The zero-order chi connectivity index (χ0) is 36.9. The summed E-state index contributed by atoms with van der Waals surface area (Å²) >= 11 is 0. The Morgan fingerprint density at radius 3 is 1.50 bits per heavy atom. The molecule has 3 nitrogen and oxygen atoms in total. The molecule has 0 fully saturated rings. The number of hydrogen-bond acceptors (Lipinski definition) is 3. The molecule has 0 heterocycles. The van der Waals surface area contributed by atoms with E-state index in [1.807, 2.05) is 0 Å². The van der Waals surface area contributed by atoms with Crippen LogP contribution in [0.2, 0.25) is 0 Å². The van der Waals surface area contributed by atoms with Crippen LogP contribution in [0, 0.1) is 87.3 Å². The molecular weight excluding hydrogens is 730 g/mol. The average molecular weight is 734 g/mol. The summed E-state index contributed by atoms with van der Waals surface area (Å²) in [6.07, 6.45) is 0. The van der Waals surface area contributed by atoms with Crippen molar-refractivity contribution in [2.75, 3.05) is 0 Å². The molecule has 0 saturated carbocycles. The van der Waals surface area contributed by atoms with Crippen molar-refractivity contribution in [1.29, 1.82) is 0 Å². The van der Waals surface area contributed by atoms with E-state index in [2.05, 4.69) is 9.31 Å². The SMILES string of the molecule is Fc1cc(F)c2c(F)ccc(OB(Oc3c(F)c(F)c(F)c(F)c3F)Oc3c(F)c(F)c(F)c4c3C(F)(F)c3c(F)c(F)c(F)c(F)c3-4)c2c1. The highest BCUT2D eigenvalue weighted by Crippen LogP contribution is 2.58. The van der Waals surface area contributed by atoms with E-state index in [0.29, 0.717) is 18.2 Å². The fourth-order valence-electron chi connectivity index (χ4n) is 5.06. The van der Waals surface area contributed by atoms with Crippen molar-refractivity contribution in [1.82, 2.24) is 0 Å². The van der Waals surface area contributed by atoms with E-state index in [1.165, 1.54) is 0 Å². The van der Waals surface area contributed by atoms with Gasteiger partial charge in [-0.3, -0.25) is 0 Å². The van der Waals surface area contributed by atoms with Crippen molar-refractivity contribution in [3.05, 3.63) is 123 Å². The number of hydrogen-bond donors (Lipinski definition) is 0. The predicted octanol–water partition coefficient (Wildman–Crippen LogP) is 9.57. The molecule has 0 atom stereocenters. The minimum Gasteiger partial charge on any atom is -0.489 e. The molecule has 0 N–H and O–H groups in total. The molecule has 0 aliphatic heterocycles. The van der Waals surface area contributed by atoms with E-state index in [9.17, 15) is 61.5 Å². The molecule has 50 heavy (non-hydrogen) atoms. The second-order valence-electron chi connectivity index (χ2n) is 10.00. The highest BCUT2D eigenvalue weighted by Gasteiger charge is 2.56. The van der Waals surface area contributed by atoms with E-state index in [4.69, 9.17) is 4.65 Å². The molecule has 0 spiro atoms. The van der Waals surface area contributed by atoms with Gasteiger partial charge in [0.15, 0.2) is 46.4 Å². The molecule has 0 radical (unpaired) electrons. The van der Waals surface area contributed by atoms with Gasteiger partial charge in [0.05, 0.1) is 16.5 Å². The number of fused-ring (bicyclic) bond motifs is 4. The maximum Gasteiger partial charge on any atom is 0.864 e. The molecule has 5 aromatic rings. The Hall–Kier alpha value is -5.37. The van der Waals surface area contributed by atoms with Gasteiger partial charge in [0.25, 0.3) is 0 Å². The van der Waals surface area contributed by atoms with Crippen LogP contribution in [0.5, 0.6) is 17.2 Å². The quantitative estimate of drug-likeness (QED) is 0.0754. The van der Waals surface area contributed by atoms with Crippen LogP contribution in [0.15, 0.2) is 24.3 Å². The molecule has 0 bridgehead atoms. The summed E-state index contributed by atoms with van der Waals surface area (Å²) in [6, 6.07) is 1.16. The van der Waals surface area contributed by atoms with Gasteiger partial charge in [-0.25, -0.2) is 52.7 Å². The first-order valence-corrected chi connectivity index (χ1v) is 12.8. The molecule has 260 valence electrons. The third-order valence-corrected chi connectivity index (χ3v) is 7.19. The van der Waals surface area contributed by atoms with Crippen LogP contribution < -0.4 is 14.0 Å². The molecule has 6 rings (SSSR count). The second-order valence-corrected chi connectivity index (χ2v) is 10.00. The summed E-state index contributed by atoms with van der Waals surface area (Å²) in [4.78, 5) is 0. The summed E-state index contributed by atoms with van der Waals surface area (Å²) in [6.45, 7) is 0. The largest absolute Gasteiger partial charge is 0.864 e. The minimum atomic E-state index is -5.43. The van der Waals surface area contributed by atoms with Crippen molar-refractivity contribution in [2.24, 2.45) is 0 Å². The topological polar surface area (TPSA) is 27.7 Å². The summed E-state index contributed by atoms with van der Waals surface area (Å²) in [7, 11) is -3.55. The molecule has 1 aliphatic rings. The lowest BCUT2D eigenvalue weighted by atomic mass is 10.0. The molecule has 0 unspecified atom stereocenters. The van der Waals surface area contributed by atoms with Crippen LogP contribution in [0.1, 0.15) is 11.1 Å². The number of alkyl halides is 2.